The summed E-state index contributed by atoms with van der Waals surface area (Å²) in [4.78, 5) is 0. The molecule has 1 aromatic rings. The number of thioether (sulfide) groups is 1. The predicted molar refractivity (Wildman–Crippen MR) is 83.8 cm³/mol. The number of H-pyrrole nitrogens is 1. The van der Waals surface area contributed by atoms with Gasteiger partial charge in [0.25, 0.3) is 0 Å². The van der Waals surface area contributed by atoms with Crippen molar-refractivity contribution in [2.75, 3.05) is 18.1 Å². The minimum absolute atomic E-state index is 0.0207. The van der Waals surface area contributed by atoms with Crippen LogP contribution in [0.3, 0.4) is 0 Å². The molecule has 2 bridgehead atoms. The van der Waals surface area contributed by atoms with Crippen LogP contribution >= 0.6 is 11.8 Å². The number of aliphatic hydroxyl groups is 2. The number of aromatic amines is 1. The lowest BCUT2D eigenvalue weighted by Gasteiger charge is -2.42. The molecule has 5 unspecified atom stereocenters. The Morgan fingerprint density at radius 3 is 3.00 bits per heavy atom. The smallest absolute Gasteiger partial charge is 0.186 e. The van der Waals surface area contributed by atoms with Gasteiger partial charge in [0, 0.05) is 24.7 Å². The summed E-state index contributed by atoms with van der Waals surface area (Å²) in [6.45, 7) is 0.575. The van der Waals surface area contributed by atoms with Gasteiger partial charge in [-0.25, -0.2) is 0 Å². The number of nitrogens with zero attached hydrogens (tertiary/aromatic N) is 3. The number of aryl methyl sites for hydroxylation is 1. The standard InChI is InChI=1S/C14H24N4O4S/c19-12-9-4-1-2-6-21-14(13(12)20)22-10(9)8-23-7-3-5-11-15-17-18-16-11/h9-10,12-14,19-20H,1-8H2,(H,15,16,17,18). The molecular weight excluding hydrogens is 320 g/mol. The number of aliphatic hydroxyl groups excluding tert-OH is 2. The van der Waals surface area contributed by atoms with Crippen LogP contribution in [0.1, 0.15) is 31.5 Å². The second-order valence-electron chi connectivity index (χ2n) is 6.06. The number of hydrogen-bond acceptors (Lipinski definition) is 8. The first-order valence-corrected chi connectivity index (χ1v) is 9.34. The third-order valence-electron chi connectivity index (χ3n) is 4.43. The van der Waals surface area contributed by atoms with E-state index in [1.165, 1.54) is 0 Å². The first-order valence-electron chi connectivity index (χ1n) is 8.19. The molecule has 3 N–H and O–H groups in total. The van der Waals surface area contributed by atoms with Crippen LogP contribution in [0.4, 0.5) is 0 Å². The molecular formula is C14H24N4O4S. The van der Waals surface area contributed by atoms with Gasteiger partial charge < -0.3 is 19.7 Å². The molecule has 9 heteroatoms. The van der Waals surface area contributed by atoms with Gasteiger partial charge in [0.2, 0.25) is 0 Å². The quantitative estimate of drug-likeness (QED) is 0.624. The molecule has 0 aliphatic carbocycles. The highest BCUT2D eigenvalue weighted by molar-refractivity contribution is 7.99. The van der Waals surface area contributed by atoms with Gasteiger partial charge in [0.15, 0.2) is 12.1 Å². The summed E-state index contributed by atoms with van der Waals surface area (Å²) in [5.41, 5.74) is 0. The van der Waals surface area contributed by atoms with Gasteiger partial charge in [-0.15, -0.1) is 10.2 Å². The molecule has 3 aliphatic rings. The highest BCUT2D eigenvalue weighted by Crippen LogP contribution is 2.33. The Hall–Kier alpha value is -0.740. The third-order valence-corrected chi connectivity index (χ3v) is 5.57. The number of ether oxygens (including phenoxy) is 2. The first-order chi connectivity index (χ1) is 11.3. The lowest BCUT2D eigenvalue weighted by atomic mass is 9.86. The van der Waals surface area contributed by atoms with Gasteiger partial charge in [-0.1, -0.05) is 11.6 Å². The average molecular weight is 344 g/mol. The fourth-order valence-corrected chi connectivity index (χ4v) is 4.22. The summed E-state index contributed by atoms with van der Waals surface area (Å²) in [7, 11) is 0. The van der Waals surface area contributed by atoms with Gasteiger partial charge >= 0.3 is 0 Å². The van der Waals surface area contributed by atoms with Crippen molar-refractivity contribution in [3.8, 4) is 0 Å². The molecule has 23 heavy (non-hydrogen) atoms. The first kappa shape index (κ1) is 17.1. The normalized spacial score (nSPS) is 34.8. The van der Waals surface area contributed by atoms with Crippen molar-refractivity contribution in [2.24, 2.45) is 5.92 Å². The van der Waals surface area contributed by atoms with E-state index in [0.717, 1.165) is 49.4 Å². The van der Waals surface area contributed by atoms with E-state index in [9.17, 15) is 10.2 Å². The van der Waals surface area contributed by atoms with Gasteiger partial charge in [-0.3, -0.25) is 0 Å². The molecule has 0 radical (unpaired) electrons. The molecule has 130 valence electrons. The lowest BCUT2D eigenvalue weighted by molar-refractivity contribution is -0.277. The van der Waals surface area contributed by atoms with Gasteiger partial charge in [-0.05, 0) is 25.0 Å². The van der Waals surface area contributed by atoms with Crippen LogP contribution in [0.2, 0.25) is 0 Å². The Balaban J connectivity index is 1.46. The van der Waals surface area contributed by atoms with E-state index in [0.29, 0.717) is 6.61 Å². The molecule has 0 saturated carbocycles. The van der Waals surface area contributed by atoms with Crippen molar-refractivity contribution < 1.29 is 19.7 Å². The highest BCUT2D eigenvalue weighted by Gasteiger charge is 2.44. The maximum atomic E-state index is 10.3. The van der Waals surface area contributed by atoms with Crippen LogP contribution in [-0.2, 0) is 15.9 Å². The predicted octanol–water partition coefficient (Wildman–Crippen LogP) is 0.129. The SMILES string of the molecule is OC1C2OCCCCC(C(CSCCCc3nn[nH]n3)O2)C1O. The second kappa shape index (κ2) is 8.39. The Labute approximate surface area is 139 Å². The van der Waals surface area contributed by atoms with Crippen LogP contribution in [-0.4, -0.2) is 73.6 Å². The van der Waals surface area contributed by atoms with E-state index >= 15 is 0 Å². The largest absolute Gasteiger partial charge is 0.390 e. The lowest BCUT2D eigenvalue weighted by Crippen LogP contribution is -2.55. The van der Waals surface area contributed by atoms with Crippen LogP contribution in [0.5, 0.6) is 0 Å². The maximum Gasteiger partial charge on any atom is 0.186 e. The summed E-state index contributed by atoms with van der Waals surface area (Å²) >= 11 is 1.79. The Morgan fingerprint density at radius 2 is 2.17 bits per heavy atom. The fraction of sp³-hybridized carbons (Fsp3) is 0.929. The van der Waals surface area contributed by atoms with E-state index < -0.39 is 18.5 Å². The van der Waals surface area contributed by atoms with Crippen molar-refractivity contribution in [3.05, 3.63) is 5.82 Å². The average Bonchev–Trinajstić information content (AvgIpc) is 3.09. The van der Waals surface area contributed by atoms with Gasteiger partial charge in [0.05, 0.1) is 12.2 Å². The van der Waals surface area contributed by atoms with Crippen LogP contribution in [0.25, 0.3) is 0 Å². The van der Waals surface area contributed by atoms with Gasteiger partial charge in [-0.2, -0.15) is 17.0 Å². The Kier molecular flexibility index (Phi) is 6.23. The number of fused-ring (bicyclic) bond motifs is 6. The Bertz CT molecular complexity index is 462. The zero-order chi connectivity index (χ0) is 16.1. The maximum absolute atomic E-state index is 10.3. The summed E-state index contributed by atoms with van der Waals surface area (Å²) in [6.07, 6.45) is 2.06. The molecule has 5 atom stereocenters. The number of tetrazole rings is 1. The molecule has 4 rings (SSSR count). The molecule has 3 aliphatic heterocycles. The summed E-state index contributed by atoms with van der Waals surface area (Å²) < 4.78 is 11.5. The number of nitrogens with one attached hydrogen (secondary N) is 1. The molecule has 4 heterocycles. The van der Waals surface area contributed by atoms with Crippen molar-refractivity contribution in [1.29, 1.82) is 0 Å². The van der Waals surface area contributed by atoms with Crippen LogP contribution in [0.15, 0.2) is 0 Å². The number of aromatic nitrogens is 4. The number of rotatable bonds is 6. The molecule has 0 spiro atoms. The Morgan fingerprint density at radius 1 is 1.26 bits per heavy atom. The zero-order valence-electron chi connectivity index (χ0n) is 13.0. The molecule has 0 aromatic carbocycles. The summed E-state index contributed by atoms with van der Waals surface area (Å²) in [5, 5.41) is 34.3. The molecule has 1 aromatic heterocycles. The minimum atomic E-state index is -0.947. The van der Waals surface area contributed by atoms with E-state index in [1.807, 2.05) is 0 Å². The number of hydrogen-bond donors (Lipinski definition) is 3. The van der Waals surface area contributed by atoms with Gasteiger partial charge in [0.1, 0.15) is 6.10 Å². The summed E-state index contributed by atoms with van der Waals surface area (Å²) in [6, 6.07) is 0. The van der Waals surface area contributed by atoms with Crippen molar-refractivity contribution in [3.63, 3.8) is 0 Å². The highest BCUT2D eigenvalue weighted by atomic mass is 32.2. The van der Waals surface area contributed by atoms with Crippen LogP contribution in [0, 0.1) is 5.92 Å². The van der Waals surface area contributed by atoms with E-state index in [1.54, 1.807) is 11.8 Å². The third kappa shape index (κ3) is 4.42. The molecule has 8 nitrogen and oxygen atoms in total. The van der Waals surface area contributed by atoms with Crippen molar-refractivity contribution in [2.45, 2.75) is 56.7 Å². The second-order valence-corrected chi connectivity index (χ2v) is 7.21. The molecule has 3 saturated heterocycles. The minimum Gasteiger partial charge on any atom is -0.390 e. The van der Waals surface area contributed by atoms with E-state index in [-0.39, 0.29) is 12.0 Å². The van der Waals surface area contributed by atoms with Crippen molar-refractivity contribution in [1.82, 2.24) is 20.6 Å². The van der Waals surface area contributed by atoms with E-state index in [2.05, 4.69) is 20.6 Å². The zero-order valence-corrected chi connectivity index (χ0v) is 13.8. The fourth-order valence-electron chi connectivity index (χ4n) is 3.15. The van der Waals surface area contributed by atoms with E-state index in [4.69, 9.17) is 9.47 Å². The molecule has 0 amide bonds. The monoisotopic (exact) mass is 344 g/mol. The molecule has 3 fully saturated rings. The summed E-state index contributed by atoms with van der Waals surface area (Å²) in [5.74, 6) is 2.47. The van der Waals surface area contributed by atoms with Crippen LogP contribution < -0.4 is 0 Å². The topological polar surface area (TPSA) is 113 Å². The van der Waals surface area contributed by atoms with Crippen molar-refractivity contribution >= 4 is 11.8 Å².